The first-order valence-corrected chi connectivity index (χ1v) is 7.07. The first-order valence-electron chi connectivity index (χ1n) is 5.02. The van der Waals surface area contributed by atoms with Gasteiger partial charge in [0.1, 0.15) is 0 Å². The fourth-order valence-corrected chi connectivity index (χ4v) is 2.79. The van der Waals surface area contributed by atoms with E-state index in [2.05, 4.69) is 0 Å². The lowest BCUT2D eigenvalue weighted by atomic mass is 10.0. The zero-order valence-electron chi connectivity index (χ0n) is 8.98. The van der Waals surface area contributed by atoms with E-state index in [1.54, 1.807) is 18.2 Å². The molecule has 0 aromatic heterocycles. The second-order valence-corrected chi connectivity index (χ2v) is 5.59. The molecule has 5 heteroatoms. The summed E-state index contributed by atoms with van der Waals surface area (Å²) in [5.74, 6) is 0.407. The molecule has 0 aliphatic carbocycles. The zero-order valence-corrected chi connectivity index (χ0v) is 12.8. The van der Waals surface area contributed by atoms with Crippen LogP contribution in [-0.2, 0) is 5.88 Å². The maximum atomic E-state index is 6.22. The van der Waals surface area contributed by atoms with Crippen molar-refractivity contribution in [1.29, 1.82) is 0 Å². The Bertz CT molecular complexity index is 592. The highest BCUT2D eigenvalue weighted by Crippen LogP contribution is 2.39. The predicted molar refractivity (Wildman–Crippen MR) is 81.5 cm³/mol. The maximum absolute atomic E-state index is 6.22. The molecule has 2 aromatic carbocycles. The lowest BCUT2D eigenvalue weighted by molar-refractivity contribution is 1.40. The molecule has 94 valence electrons. The second-order valence-electron chi connectivity index (χ2n) is 3.70. The van der Waals surface area contributed by atoms with Gasteiger partial charge in [-0.15, -0.1) is 11.6 Å². The number of hydrogen-bond acceptors (Lipinski definition) is 0. The molecule has 0 saturated carbocycles. The van der Waals surface area contributed by atoms with Crippen LogP contribution in [-0.4, -0.2) is 0 Å². The van der Waals surface area contributed by atoms with Gasteiger partial charge in [0, 0.05) is 27.1 Å². The zero-order chi connectivity index (χ0) is 13.3. The minimum absolute atomic E-state index is 0.400. The molecule has 0 amide bonds. The SMILES string of the molecule is ClCc1ccc(-c2cc(Cl)cc(Cl)c2Cl)c(Cl)c1. The summed E-state index contributed by atoms with van der Waals surface area (Å²) in [6.07, 6.45) is 0. The van der Waals surface area contributed by atoms with Crippen LogP contribution < -0.4 is 0 Å². The predicted octanol–water partition coefficient (Wildman–Crippen LogP) is 6.71. The molecule has 0 fully saturated rings. The van der Waals surface area contributed by atoms with Crippen LogP contribution in [0.5, 0.6) is 0 Å². The van der Waals surface area contributed by atoms with Gasteiger partial charge in [0.15, 0.2) is 0 Å². The molecular formula is C13H7Cl5. The Balaban J connectivity index is 2.62. The van der Waals surface area contributed by atoms with Crippen molar-refractivity contribution in [3.8, 4) is 11.1 Å². The van der Waals surface area contributed by atoms with Gasteiger partial charge in [0.25, 0.3) is 0 Å². The average Bonchev–Trinajstić information content (AvgIpc) is 2.34. The van der Waals surface area contributed by atoms with Crippen LogP contribution in [0.3, 0.4) is 0 Å². The lowest BCUT2D eigenvalue weighted by Crippen LogP contribution is -1.85. The number of benzene rings is 2. The Labute approximate surface area is 130 Å². The van der Waals surface area contributed by atoms with Crippen LogP contribution >= 0.6 is 58.0 Å². The van der Waals surface area contributed by atoms with Gasteiger partial charge < -0.3 is 0 Å². The van der Waals surface area contributed by atoms with E-state index >= 15 is 0 Å². The molecule has 0 heterocycles. The lowest BCUT2D eigenvalue weighted by Gasteiger charge is -2.10. The second kappa shape index (κ2) is 5.90. The molecule has 0 N–H and O–H groups in total. The van der Waals surface area contributed by atoms with Gasteiger partial charge in [0.05, 0.1) is 10.0 Å². The van der Waals surface area contributed by atoms with Crippen molar-refractivity contribution in [2.45, 2.75) is 5.88 Å². The molecule has 0 nitrogen and oxygen atoms in total. The van der Waals surface area contributed by atoms with Crippen molar-refractivity contribution in [3.63, 3.8) is 0 Å². The maximum Gasteiger partial charge on any atom is 0.0672 e. The number of rotatable bonds is 2. The van der Waals surface area contributed by atoms with E-state index in [1.807, 2.05) is 12.1 Å². The molecule has 0 aliphatic rings. The summed E-state index contributed by atoms with van der Waals surface area (Å²) in [6.45, 7) is 0. The van der Waals surface area contributed by atoms with E-state index in [0.29, 0.717) is 31.5 Å². The Hall–Kier alpha value is -0.110. The van der Waals surface area contributed by atoms with Gasteiger partial charge >= 0.3 is 0 Å². The molecule has 0 aliphatic heterocycles. The van der Waals surface area contributed by atoms with Crippen LogP contribution in [0, 0.1) is 0 Å². The third-order valence-electron chi connectivity index (χ3n) is 2.47. The van der Waals surface area contributed by atoms with Crippen LogP contribution in [0.4, 0.5) is 0 Å². The average molecular weight is 340 g/mol. The van der Waals surface area contributed by atoms with Gasteiger partial charge in [-0.05, 0) is 23.8 Å². The summed E-state index contributed by atoms with van der Waals surface area (Å²) in [5, 5.41) is 1.91. The molecule has 0 bridgehead atoms. The van der Waals surface area contributed by atoms with Crippen LogP contribution in [0.2, 0.25) is 20.1 Å². The van der Waals surface area contributed by atoms with Gasteiger partial charge in [-0.25, -0.2) is 0 Å². The molecule has 0 atom stereocenters. The highest BCUT2D eigenvalue weighted by Gasteiger charge is 2.12. The largest absolute Gasteiger partial charge is 0.122 e. The van der Waals surface area contributed by atoms with E-state index in [1.165, 1.54) is 0 Å². The standard InChI is InChI=1S/C13H7Cl5/c14-6-7-1-2-9(11(16)3-7)10-4-8(15)5-12(17)13(10)18/h1-5H,6H2. The molecule has 0 unspecified atom stereocenters. The summed E-state index contributed by atoms with van der Waals surface area (Å²) in [6, 6.07) is 8.87. The quantitative estimate of drug-likeness (QED) is 0.421. The summed E-state index contributed by atoms with van der Waals surface area (Å²) in [4.78, 5) is 0. The monoisotopic (exact) mass is 338 g/mol. The van der Waals surface area contributed by atoms with Crippen molar-refractivity contribution in [3.05, 3.63) is 56.0 Å². The van der Waals surface area contributed by atoms with E-state index in [-0.39, 0.29) is 0 Å². The van der Waals surface area contributed by atoms with Crippen molar-refractivity contribution < 1.29 is 0 Å². The molecule has 0 spiro atoms. The minimum Gasteiger partial charge on any atom is -0.122 e. The fraction of sp³-hybridized carbons (Fsp3) is 0.0769. The van der Waals surface area contributed by atoms with Gasteiger partial charge in [0.2, 0.25) is 0 Å². The molecule has 0 radical (unpaired) electrons. The normalized spacial score (nSPS) is 10.7. The topological polar surface area (TPSA) is 0 Å². The molecular weight excluding hydrogens is 333 g/mol. The van der Waals surface area contributed by atoms with Gasteiger partial charge in [-0.3, -0.25) is 0 Å². The smallest absolute Gasteiger partial charge is 0.0672 e. The van der Waals surface area contributed by atoms with Gasteiger partial charge in [-0.2, -0.15) is 0 Å². The van der Waals surface area contributed by atoms with Crippen LogP contribution in [0.25, 0.3) is 11.1 Å². The summed E-state index contributed by atoms with van der Waals surface area (Å²) in [5.41, 5.74) is 2.43. The molecule has 2 rings (SSSR count). The Morgan fingerprint density at radius 1 is 0.778 bits per heavy atom. The molecule has 18 heavy (non-hydrogen) atoms. The first kappa shape index (κ1) is 14.3. The highest BCUT2D eigenvalue weighted by molar-refractivity contribution is 6.45. The van der Waals surface area contributed by atoms with Crippen molar-refractivity contribution in [1.82, 2.24) is 0 Å². The van der Waals surface area contributed by atoms with Crippen molar-refractivity contribution in [2.24, 2.45) is 0 Å². The summed E-state index contributed by atoms with van der Waals surface area (Å²) >= 11 is 30.1. The third-order valence-corrected chi connectivity index (χ3v) is 4.11. The molecule has 0 saturated heterocycles. The minimum atomic E-state index is 0.400. The van der Waals surface area contributed by atoms with E-state index < -0.39 is 0 Å². The van der Waals surface area contributed by atoms with E-state index in [0.717, 1.165) is 11.1 Å². The Morgan fingerprint density at radius 2 is 1.50 bits per heavy atom. The number of hydrogen-bond donors (Lipinski definition) is 0. The van der Waals surface area contributed by atoms with Crippen LogP contribution in [0.15, 0.2) is 30.3 Å². The van der Waals surface area contributed by atoms with E-state index in [9.17, 15) is 0 Å². The summed E-state index contributed by atoms with van der Waals surface area (Å²) in [7, 11) is 0. The van der Waals surface area contributed by atoms with Crippen LogP contribution in [0.1, 0.15) is 5.56 Å². The Kier molecular flexibility index (Phi) is 4.69. The Morgan fingerprint density at radius 3 is 2.11 bits per heavy atom. The number of halogens is 5. The van der Waals surface area contributed by atoms with Gasteiger partial charge in [-0.1, -0.05) is 58.5 Å². The first-order chi connectivity index (χ1) is 8.52. The summed E-state index contributed by atoms with van der Waals surface area (Å²) < 4.78 is 0. The molecule has 2 aromatic rings. The third kappa shape index (κ3) is 2.89. The van der Waals surface area contributed by atoms with Crippen molar-refractivity contribution >= 4 is 58.0 Å². The van der Waals surface area contributed by atoms with E-state index in [4.69, 9.17) is 58.0 Å². The number of alkyl halides is 1. The highest BCUT2D eigenvalue weighted by atomic mass is 35.5. The van der Waals surface area contributed by atoms with Crippen molar-refractivity contribution in [2.75, 3.05) is 0 Å². The fourth-order valence-electron chi connectivity index (χ4n) is 1.61.